The lowest BCUT2D eigenvalue weighted by atomic mass is 10.1. The number of nitrogens with two attached hydrogens (primary N) is 1. The average Bonchev–Trinajstić information content (AvgIpc) is 2.38. The van der Waals surface area contributed by atoms with Gasteiger partial charge in [-0.3, -0.25) is 4.98 Å². The Bertz CT molecular complexity index is 442. The van der Waals surface area contributed by atoms with Gasteiger partial charge in [0.05, 0.1) is 6.20 Å². The number of hydrogen-bond donors (Lipinski definition) is 1. The van der Waals surface area contributed by atoms with Gasteiger partial charge in [-0.05, 0) is 36.3 Å². The molecular weight excluding hydrogens is 230 g/mol. The fourth-order valence-corrected chi connectivity index (χ4v) is 2.27. The molecule has 0 saturated heterocycles. The first-order valence-corrected chi connectivity index (χ1v) is 6.56. The van der Waals surface area contributed by atoms with E-state index in [1.165, 1.54) is 5.56 Å². The number of aryl methyl sites for hydroxylation is 1. The van der Waals surface area contributed by atoms with Gasteiger partial charge in [0.2, 0.25) is 0 Å². The molecule has 0 aliphatic heterocycles. The van der Waals surface area contributed by atoms with Crippen molar-refractivity contribution in [3.05, 3.63) is 48.4 Å². The second-order valence-corrected chi connectivity index (χ2v) is 4.85. The van der Waals surface area contributed by atoms with E-state index in [1.807, 2.05) is 12.1 Å². The van der Waals surface area contributed by atoms with E-state index in [1.54, 1.807) is 30.4 Å². The molecule has 1 aromatic heterocycles. The molecule has 88 valence electrons. The van der Waals surface area contributed by atoms with Gasteiger partial charge in [-0.25, -0.2) is 4.98 Å². The van der Waals surface area contributed by atoms with Crippen LogP contribution in [0.3, 0.4) is 0 Å². The van der Waals surface area contributed by atoms with Crippen molar-refractivity contribution < 1.29 is 0 Å². The molecule has 0 radical (unpaired) electrons. The summed E-state index contributed by atoms with van der Waals surface area (Å²) in [5.74, 6) is 1.06. The molecule has 3 nitrogen and oxygen atoms in total. The summed E-state index contributed by atoms with van der Waals surface area (Å²) < 4.78 is 0. The minimum absolute atomic E-state index is 0.822. The first-order chi connectivity index (χ1) is 8.34. The van der Waals surface area contributed by atoms with Crippen LogP contribution in [-0.4, -0.2) is 15.7 Å². The van der Waals surface area contributed by atoms with Crippen molar-refractivity contribution in [1.82, 2.24) is 9.97 Å². The van der Waals surface area contributed by atoms with Gasteiger partial charge in [-0.15, -0.1) is 11.8 Å². The molecular formula is C13H15N3S. The molecule has 0 aliphatic carbocycles. The number of thioether (sulfide) groups is 1. The van der Waals surface area contributed by atoms with E-state index in [0.29, 0.717) is 0 Å². The third-order valence-corrected chi connectivity index (χ3v) is 3.38. The summed E-state index contributed by atoms with van der Waals surface area (Å²) in [5, 5.41) is 0.991. The van der Waals surface area contributed by atoms with Crippen molar-refractivity contribution in [1.29, 1.82) is 0 Å². The molecule has 17 heavy (non-hydrogen) atoms. The van der Waals surface area contributed by atoms with Gasteiger partial charge in [0.15, 0.2) is 0 Å². The second kappa shape index (κ2) is 6.25. The van der Waals surface area contributed by atoms with E-state index >= 15 is 0 Å². The highest BCUT2D eigenvalue weighted by Gasteiger charge is 1.96. The van der Waals surface area contributed by atoms with Gasteiger partial charge in [0, 0.05) is 18.1 Å². The number of anilines is 1. The van der Waals surface area contributed by atoms with Gasteiger partial charge in [0.25, 0.3) is 0 Å². The molecule has 4 heteroatoms. The standard InChI is InChI=1S/C13H15N3S/c14-12-5-3-11(4-6-12)2-1-9-17-13-10-15-7-8-16-13/h3-8,10H,1-2,9,14H2. The Morgan fingerprint density at radius 1 is 1.12 bits per heavy atom. The van der Waals surface area contributed by atoms with Crippen LogP contribution in [-0.2, 0) is 6.42 Å². The zero-order chi connectivity index (χ0) is 11.9. The Hall–Kier alpha value is -1.55. The van der Waals surface area contributed by atoms with Crippen LogP contribution in [0.1, 0.15) is 12.0 Å². The van der Waals surface area contributed by atoms with Crippen LogP contribution >= 0.6 is 11.8 Å². The summed E-state index contributed by atoms with van der Waals surface area (Å²) in [5.41, 5.74) is 7.79. The molecule has 1 heterocycles. The normalized spacial score (nSPS) is 10.4. The minimum atomic E-state index is 0.822. The SMILES string of the molecule is Nc1ccc(CCCSc2cnccn2)cc1. The molecule has 0 bridgehead atoms. The van der Waals surface area contributed by atoms with Crippen LogP contribution in [0.15, 0.2) is 47.9 Å². The van der Waals surface area contributed by atoms with Gasteiger partial charge >= 0.3 is 0 Å². The molecule has 0 aliphatic rings. The molecule has 2 rings (SSSR count). The van der Waals surface area contributed by atoms with E-state index < -0.39 is 0 Å². The topological polar surface area (TPSA) is 51.8 Å². The highest BCUT2D eigenvalue weighted by molar-refractivity contribution is 7.99. The number of nitrogen functional groups attached to an aromatic ring is 1. The van der Waals surface area contributed by atoms with E-state index in [4.69, 9.17) is 5.73 Å². The molecule has 0 unspecified atom stereocenters. The summed E-state index contributed by atoms with van der Waals surface area (Å²) in [7, 11) is 0. The van der Waals surface area contributed by atoms with Crippen LogP contribution in [0.2, 0.25) is 0 Å². The molecule has 0 spiro atoms. The zero-order valence-corrected chi connectivity index (χ0v) is 10.4. The lowest BCUT2D eigenvalue weighted by Crippen LogP contribution is -1.90. The molecule has 1 aromatic carbocycles. The Labute approximate surface area is 105 Å². The highest BCUT2D eigenvalue weighted by Crippen LogP contribution is 2.16. The molecule has 2 N–H and O–H groups in total. The largest absolute Gasteiger partial charge is 0.399 e. The number of hydrogen-bond acceptors (Lipinski definition) is 4. The number of rotatable bonds is 5. The highest BCUT2D eigenvalue weighted by atomic mass is 32.2. The van der Waals surface area contributed by atoms with E-state index in [9.17, 15) is 0 Å². The fraction of sp³-hybridized carbons (Fsp3) is 0.231. The summed E-state index contributed by atoms with van der Waals surface area (Å²) >= 11 is 1.74. The molecule has 2 aromatic rings. The smallest absolute Gasteiger partial charge is 0.114 e. The lowest BCUT2D eigenvalue weighted by molar-refractivity contribution is 0.929. The van der Waals surface area contributed by atoms with Gasteiger partial charge in [-0.1, -0.05) is 12.1 Å². The first kappa shape index (κ1) is 11.9. The van der Waals surface area contributed by atoms with Crippen molar-refractivity contribution in [2.24, 2.45) is 0 Å². The predicted octanol–water partition coefficient (Wildman–Crippen LogP) is 2.78. The van der Waals surface area contributed by atoms with Crippen molar-refractivity contribution in [2.45, 2.75) is 17.9 Å². The zero-order valence-electron chi connectivity index (χ0n) is 9.54. The van der Waals surface area contributed by atoms with Crippen LogP contribution in [0.25, 0.3) is 0 Å². The van der Waals surface area contributed by atoms with Crippen molar-refractivity contribution in [3.63, 3.8) is 0 Å². The number of benzene rings is 1. The molecule has 0 saturated carbocycles. The Kier molecular flexibility index (Phi) is 4.38. The van der Waals surface area contributed by atoms with Crippen LogP contribution in [0, 0.1) is 0 Å². The predicted molar refractivity (Wildman–Crippen MR) is 71.9 cm³/mol. The summed E-state index contributed by atoms with van der Waals surface area (Å²) in [6, 6.07) is 8.07. The lowest BCUT2D eigenvalue weighted by Gasteiger charge is -2.02. The first-order valence-electron chi connectivity index (χ1n) is 5.58. The third kappa shape index (κ3) is 4.07. The molecule has 0 amide bonds. The summed E-state index contributed by atoms with van der Waals surface area (Å²) in [6.07, 6.45) is 7.42. The minimum Gasteiger partial charge on any atom is -0.399 e. The van der Waals surface area contributed by atoms with E-state index in [2.05, 4.69) is 22.1 Å². The van der Waals surface area contributed by atoms with Crippen LogP contribution in [0.5, 0.6) is 0 Å². The Morgan fingerprint density at radius 3 is 2.65 bits per heavy atom. The van der Waals surface area contributed by atoms with Crippen LogP contribution in [0.4, 0.5) is 5.69 Å². The summed E-state index contributed by atoms with van der Waals surface area (Å²) in [4.78, 5) is 8.25. The van der Waals surface area contributed by atoms with E-state index in [0.717, 1.165) is 29.3 Å². The van der Waals surface area contributed by atoms with Gasteiger partial charge in [-0.2, -0.15) is 0 Å². The fourth-order valence-electron chi connectivity index (χ4n) is 1.50. The Balaban J connectivity index is 1.71. The van der Waals surface area contributed by atoms with Gasteiger partial charge in [0.1, 0.15) is 5.03 Å². The maximum atomic E-state index is 5.64. The van der Waals surface area contributed by atoms with Crippen LogP contribution < -0.4 is 5.73 Å². The number of aromatic nitrogens is 2. The summed E-state index contributed by atoms with van der Waals surface area (Å²) in [6.45, 7) is 0. The van der Waals surface area contributed by atoms with Crippen molar-refractivity contribution >= 4 is 17.4 Å². The van der Waals surface area contributed by atoms with Crippen molar-refractivity contribution in [2.75, 3.05) is 11.5 Å². The maximum absolute atomic E-state index is 5.64. The molecule has 0 fully saturated rings. The second-order valence-electron chi connectivity index (χ2n) is 3.74. The molecule has 0 atom stereocenters. The average molecular weight is 245 g/mol. The number of nitrogens with zero attached hydrogens (tertiary/aromatic N) is 2. The monoisotopic (exact) mass is 245 g/mol. The van der Waals surface area contributed by atoms with E-state index in [-0.39, 0.29) is 0 Å². The Morgan fingerprint density at radius 2 is 1.94 bits per heavy atom. The van der Waals surface area contributed by atoms with Crippen molar-refractivity contribution in [3.8, 4) is 0 Å². The third-order valence-electron chi connectivity index (χ3n) is 2.38. The quantitative estimate of drug-likeness (QED) is 0.500. The van der Waals surface area contributed by atoms with Gasteiger partial charge < -0.3 is 5.73 Å². The maximum Gasteiger partial charge on any atom is 0.114 e.